The van der Waals surface area contributed by atoms with Gasteiger partial charge >= 0.3 is 0 Å². The van der Waals surface area contributed by atoms with E-state index in [1.54, 1.807) is 11.3 Å². The molecule has 0 bridgehead atoms. The van der Waals surface area contributed by atoms with Crippen molar-refractivity contribution >= 4 is 28.1 Å². The van der Waals surface area contributed by atoms with Crippen LogP contribution >= 0.6 is 22.9 Å². The number of halogens is 1. The summed E-state index contributed by atoms with van der Waals surface area (Å²) >= 11 is 7.54. The zero-order valence-corrected chi connectivity index (χ0v) is 14.3. The third kappa shape index (κ3) is 4.53. The molecule has 0 fully saturated rings. The highest BCUT2D eigenvalue weighted by Gasteiger charge is 2.12. The number of pyridine rings is 1. The van der Waals surface area contributed by atoms with Gasteiger partial charge in [0.1, 0.15) is 0 Å². The molecule has 0 atom stereocenters. The molecule has 5 heteroatoms. The maximum Gasteiger partial charge on any atom is 0.185 e. The summed E-state index contributed by atoms with van der Waals surface area (Å²) in [4.78, 5) is 11.3. The minimum Gasteiger partial charge on any atom is -0.343 e. The maximum absolute atomic E-state index is 5.89. The second-order valence-electron chi connectivity index (χ2n) is 5.23. The van der Waals surface area contributed by atoms with Crippen molar-refractivity contribution in [3.63, 3.8) is 0 Å². The van der Waals surface area contributed by atoms with E-state index in [1.165, 1.54) is 5.56 Å². The molecule has 3 aromatic rings. The summed E-state index contributed by atoms with van der Waals surface area (Å²) in [5, 5.41) is 3.04. The second kappa shape index (κ2) is 8.09. The number of benzene rings is 1. The molecule has 1 aromatic carbocycles. The number of nitrogens with zero attached hydrogens (tertiary/aromatic N) is 3. The van der Waals surface area contributed by atoms with E-state index in [0.717, 1.165) is 36.0 Å². The Hall–Kier alpha value is -1.91. The van der Waals surface area contributed by atoms with Crippen LogP contribution < -0.4 is 4.90 Å². The van der Waals surface area contributed by atoms with Crippen molar-refractivity contribution in [2.45, 2.75) is 18.8 Å². The summed E-state index contributed by atoms with van der Waals surface area (Å²) < 4.78 is 0. The largest absolute Gasteiger partial charge is 0.343 e. The Kier molecular flexibility index (Phi) is 5.61. The number of hydrogen-bond acceptors (Lipinski definition) is 4. The SMILES string of the molecule is ClCc1csc(N(CCc2ccccn2)Cc2ccccc2)n1. The van der Waals surface area contributed by atoms with Crippen molar-refractivity contribution in [3.05, 3.63) is 77.1 Å². The van der Waals surface area contributed by atoms with Crippen molar-refractivity contribution in [3.8, 4) is 0 Å². The van der Waals surface area contributed by atoms with Crippen molar-refractivity contribution in [2.24, 2.45) is 0 Å². The van der Waals surface area contributed by atoms with Gasteiger partial charge in [-0.3, -0.25) is 4.98 Å². The summed E-state index contributed by atoms with van der Waals surface area (Å²) in [5.41, 5.74) is 3.30. The number of hydrogen-bond donors (Lipinski definition) is 0. The number of aromatic nitrogens is 2. The van der Waals surface area contributed by atoms with Gasteiger partial charge in [-0.05, 0) is 17.7 Å². The molecule has 23 heavy (non-hydrogen) atoms. The van der Waals surface area contributed by atoms with E-state index in [9.17, 15) is 0 Å². The average molecular weight is 344 g/mol. The van der Waals surface area contributed by atoms with Gasteiger partial charge in [-0.15, -0.1) is 22.9 Å². The summed E-state index contributed by atoms with van der Waals surface area (Å²) in [5.74, 6) is 0.454. The number of thiazole rings is 1. The fraction of sp³-hybridized carbons (Fsp3) is 0.222. The lowest BCUT2D eigenvalue weighted by molar-refractivity contribution is 0.766. The van der Waals surface area contributed by atoms with E-state index in [0.29, 0.717) is 5.88 Å². The highest BCUT2D eigenvalue weighted by Crippen LogP contribution is 2.23. The van der Waals surface area contributed by atoms with Gasteiger partial charge < -0.3 is 4.90 Å². The molecule has 0 aliphatic rings. The van der Waals surface area contributed by atoms with Gasteiger partial charge in [0.05, 0.1) is 11.6 Å². The van der Waals surface area contributed by atoms with Crippen LogP contribution in [-0.2, 0) is 18.8 Å². The third-order valence-electron chi connectivity index (χ3n) is 3.53. The lowest BCUT2D eigenvalue weighted by atomic mass is 10.2. The van der Waals surface area contributed by atoms with E-state index in [4.69, 9.17) is 11.6 Å². The molecule has 0 aliphatic heterocycles. The van der Waals surface area contributed by atoms with Crippen LogP contribution in [0.1, 0.15) is 17.0 Å². The molecule has 0 saturated heterocycles. The molecular formula is C18H18ClN3S. The first-order valence-electron chi connectivity index (χ1n) is 7.54. The first-order valence-corrected chi connectivity index (χ1v) is 8.96. The van der Waals surface area contributed by atoms with Gasteiger partial charge in [0.25, 0.3) is 0 Å². The molecule has 0 unspecified atom stereocenters. The smallest absolute Gasteiger partial charge is 0.185 e. The van der Waals surface area contributed by atoms with Crippen LogP contribution in [0.15, 0.2) is 60.1 Å². The van der Waals surface area contributed by atoms with Gasteiger partial charge in [-0.25, -0.2) is 4.98 Å². The molecule has 3 rings (SSSR count). The van der Waals surface area contributed by atoms with Gasteiger partial charge in [0.15, 0.2) is 5.13 Å². The molecule has 0 radical (unpaired) electrons. The highest BCUT2D eigenvalue weighted by molar-refractivity contribution is 7.13. The topological polar surface area (TPSA) is 29.0 Å². The molecular weight excluding hydrogens is 326 g/mol. The van der Waals surface area contributed by atoms with E-state index in [1.807, 2.05) is 29.8 Å². The van der Waals surface area contributed by atoms with Crippen molar-refractivity contribution in [2.75, 3.05) is 11.4 Å². The molecule has 0 aliphatic carbocycles. The molecule has 3 nitrogen and oxygen atoms in total. The van der Waals surface area contributed by atoms with E-state index in [-0.39, 0.29) is 0 Å². The third-order valence-corrected chi connectivity index (χ3v) is 4.75. The van der Waals surface area contributed by atoms with Crippen LogP contribution in [0.25, 0.3) is 0 Å². The molecule has 2 aromatic heterocycles. The van der Waals surface area contributed by atoms with Gasteiger partial charge in [0, 0.05) is 36.8 Å². The number of anilines is 1. The lowest BCUT2D eigenvalue weighted by Gasteiger charge is -2.22. The zero-order valence-electron chi connectivity index (χ0n) is 12.7. The fourth-order valence-electron chi connectivity index (χ4n) is 2.34. The predicted octanol–water partition coefficient (Wildman–Crippen LogP) is 4.53. The van der Waals surface area contributed by atoms with Crippen LogP contribution in [0, 0.1) is 0 Å². The summed E-state index contributed by atoms with van der Waals surface area (Å²) in [6.07, 6.45) is 2.73. The summed E-state index contributed by atoms with van der Waals surface area (Å²) in [7, 11) is 0. The van der Waals surface area contributed by atoms with Crippen LogP contribution in [0.3, 0.4) is 0 Å². The standard InChI is InChI=1S/C18H18ClN3S/c19-12-17-14-23-18(21-17)22(13-15-6-2-1-3-7-15)11-9-16-8-4-5-10-20-16/h1-8,10,14H,9,11-13H2. The monoisotopic (exact) mass is 343 g/mol. The highest BCUT2D eigenvalue weighted by atomic mass is 35.5. The Morgan fingerprint density at radius 3 is 2.52 bits per heavy atom. The summed E-state index contributed by atoms with van der Waals surface area (Å²) in [6, 6.07) is 16.5. The normalized spacial score (nSPS) is 10.7. The van der Waals surface area contributed by atoms with Crippen molar-refractivity contribution in [1.29, 1.82) is 0 Å². The first-order chi connectivity index (χ1) is 11.3. The Bertz CT molecular complexity index is 715. The van der Waals surface area contributed by atoms with Crippen molar-refractivity contribution < 1.29 is 0 Å². The predicted molar refractivity (Wildman–Crippen MR) is 97.1 cm³/mol. The van der Waals surface area contributed by atoms with E-state index >= 15 is 0 Å². The Morgan fingerprint density at radius 1 is 1.00 bits per heavy atom. The summed E-state index contributed by atoms with van der Waals surface area (Å²) in [6.45, 7) is 1.71. The molecule has 0 N–H and O–H groups in total. The first kappa shape index (κ1) is 16.0. The molecule has 2 heterocycles. The Labute approximate surface area is 145 Å². The Balaban J connectivity index is 1.75. The maximum atomic E-state index is 5.89. The minimum atomic E-state index is 0.454. The molecule has 118 valence electrons. The number of rotatable bonds is 7. The van der Waals surface area contributed by atoms with Gasteiger partial charge in [0.2, 0.25) is 0 Å². The fourth-order valence-corrected chi connectivity index (χ4v) is 3.43. The van der Waals surface area contributed by atoms with Gasteiger partial charge in [-0.1, -0.05) is 36.4 Å². The zero-order chi connectivity index (χ0) is 15.9. The van der Waals surface area contributed by atoms with E-state index < -0.39 is 0 Å². The van der Waals surface area contributed by atoms with Crippen LogP contribution in [0.4, 0.5) is 5.13 Å². The minimum absolute atomic E-state index is 0.454. The number of alkyl halides is 1. The molecule has 0 amide bonds. The Morgan fingerprint density at radius 2 is 1.83 bits per heavy atom. The second-order valence-corrected chi connectivity index (χ2v) is 6.34. The van der Waals surface area contributed by atoms with Crippen molar-refractivity contribution in [1.82, 2.24) is 9.97 Å². The average Bonchev–Trinajstić information content (AvgIpc) is 3.09. The van der Waals surface area contributed by atoms with Gasteiger partial charge in [-0.2, -0.15) is 0 Å². The molecule has 0 saturated carbocycles. The van der Waals surface area contributed by atoms with E-state index in [2.05, 4.69) is 45.2 Å². The molecule has 0 spiro atoms. The quantitative estimate of drug-likeness (QED) is 0.590. The van der Waals surface area contributed by atoms with Crippen LogP contribution in [0.5, 0.6) is 0 Å². The lowest BCUT2D eigenvalue weighted by Crippen LogP contribution is -2.25. The van der Waals surface area contributed by atoms with Crippen LogP contribution in [-0.4, -0.2) is 16.5 Å². The van der Waals surface area contributed by atoms with Crippen LogP contribution in [0.2, 0.25) is 0 Å².